The molecule has 0 aliphatic heterocycles. The molecule has 2 aromatic heterocycles. The summed E-state index contributed by atoms with van der Waals surface area (Å²) in [7, 11) is 0. The summed E-state index contributed by atoms with van der Waals surface area (Å²) in [6.45, 7) is 0. The van der Waals surface area contributed by atoms with Gasteiger partial charge in [-0.1, -0.05) is 170 Å². The third kappa shape index (κ3) is 4.85. The molecule has 0 fully saturated rings. The van der Waals surface area contributed by atoms with Crippen molar-refractivity contribution in [3.63, 3.8) is 0 Å². The monoisotopic (exact) mass is 830 g/mol. The van der Waals surface area contributed by atoms with Crippen LogP contribution in [0.2, 0.25) is 0 Å². The number of fused-ring (bicyclic) bond motifs is 16. The van der Waals surface area contributed by atoms with Gasteiger partial charge in [0.15, 0.2) is 0 Å². The summed E-state index contributed by atoms with van der Waals surface area (Å²) in [5, 5.41) is 5.07. The van der Waals surface area contributed by atoms with Gasteiger partial charge in [-0.05, 0) is 116 Å². The maximum Gasteiger partial charge on any atom is 0.0726 e. The van der Waals surface area contributed by atoms with Crippen molar-refractivity contribution in [1.82, 2.24) is 4.57 Å². The molecule has 0 amide bonds. The van der Waals surface area contributed by atoms with Crippen LogP contribution in [0.4, 0.5) is 17.1 Å². The average Bonchev–Trinajstić information content (AvgIpc) is 4.08. The lowest BCUT2D eigenvalue weighted by molar-refractivity contribution is 0.793. The van der Waals surface area contributed by atoms with Crippen LogP contribution in [0, 0.1) is 0 Å². The third-order valence-electron chi connectivity index (χ3n) is 14.0. The topological polar surface area (TPSA) is 8.17 Å². The summed E-state index contributed by atoms with van der Waals surface area (Å²) in [4.78, 5) is 2.51. The molecule has 64 heavy (non-hydrogen) atoms. The second-order valence-corrected chi connectivity index (χ2v) is 18.3. The molecular formula is C61H38N2S. The van der Waals surface area contributed by atoms with E-state index in [-0.39, 0.29) is 0 Å². The maximum atomic E-state index is 2.51. The minimum atomic E-state index is -0.442. The highest BCUT2D eigenvalue weighted by molar-refractivity contribution is 7.26. The van der Waals surface area contributed by atoms with Crippen LogP contribution in [0.1, 0.15) is 22.3 Å². The van der Waals surface area contributed by atoms with Gasteiger partial charge in [-0.15, -0.1) is 11.3 Å². The predicted octanol–water partition coefficient (Wildman–Crippen LogP) is 16.6. The summed E-state index contributed by atoms with van der Waals surface area (Å²) < 4.78 is 4.96. The molecule has 2 nitrogen and oxygen atoms in total. The molecule has 0 saturated heterocycles. The molecule has 0 unspecified atom stereocenters. The molecule has 2 aliphatic rings. The summed E-state index contributed by atoms with van der Waals surface area (Å²) >= 11 is 1.88. The number of thiophene rings is 1. The molecule has 14 rings (SSSR count). The number of benzene rings is 10. The van der Waals surface area contributed by atoms with Gasteiger partial charge in [0, 0.05) is 48.0 Å². The SMILES string of the molecule is c1ccc(-c2ccc(N(c3ccc4c(c3)C3(c5ccccc5-c5ccccc53)c3ccccc3-4)c3cccc4sc5cc(-n6c7ccccc7c7ccccc76)ccc5c34)cc2)cc1. The van der Waals surface area contributed by atoms with Gasteiger partial charge in [0.2, 0.25) is 0 Å². The lowest BCUT2D eigenvalue weighted by Gasteiger charge is -2.32. The van der Waals surface area contributed by atoms with E-state index in [0.29, 0.717) is 0 Å². The van der Waals surface area contributed by atoms with Crippen molar-refractivity contribution in [2.75, 3.05) is 4.90 Å². The Labute approximate surface area is 375 Å². The van der Waals surface area contributed by atoms with Gasteiger partial charge in [0.25, 0.3) is 0 Å². The highest BCUT2D eigenvalue weighted by Gasteiger charge is 2.51. The Morgan fingerprint density at radius 1 is 0.359 bits per heavy atom. The van der Waals surface area contributed by atoms with E-state index >= 15 is 0 Å². The van der Waals surface area contributed by atoms with Crippen molar-refractivity contribution >= 4 is 70.4 Å². The second kappa shape index (κ2) is 13.5. The fourth-order valence-electron chi connectivity index (χ4n) is 11.4. The number of nitrogens with zero attached hydrogens (tertiary/aromatic N) is 2. The minimum absolute atomic E-state index is 0.442. The van der Waals surface area contributed by atoms with Crippen LogP contribution in [-0.4, -0.2) is 4.57 Å². The fraction of sp³-hybridized carbons (Fsp3) is 0.0164. The largest absolute Gasteiger partial charge is 0.310 e. The number of anilines is 3. The van der Waals surface area contributed by atoms with E-state index in [1.807, 2.05) is 11.3 Å². The molecule has 3 heteroatoms. The van der Waals surface area contributed by atoms with Crippen molar-refractivity contribution in [2.24, 2.45) is 0 Å². The molecule has 298 valence electrons. The number of para-hydroxylation sites is 2. The van der Waals surface area contributed by atoms with E-state index in [0.717, 1.165) is 17.1 Å². The van der Waals surface area contributed by atoms with E-state index < -0.39 is 5.41 Å². The van der Waals surface area contributed by atoms with E-state index in [2.05, 4.69) is 240 Å². The molecular weight excluding hydrogens is 793 g/mol. The summed E-state index contributed by atoms with van der Waals surface area (Å²) in [5.74, 6) is 0. The second-order valence-electron chi connectivity index (χ2n) is 17.2. The minimum Gasteiger partial charge on any atom is -0.310 e. The zero-order valence-corrected chi connectivity index (χ0v) is 35.6. The first-order valence-electron chi connectivity index (χ1n) is 22.1. The highest BCUT2D eigenvalue weighted by Crippen LogP contribution is 2.63. The van der Waals surface area contributed by atoms with Crippen LogP contribution in [-0.2, 0) is 5.41 Å². The quantitative estimate of drug-likeness (QED) is 0.168. The Kier molecular flexibility index (Phi) is 7.51. The normalized spacial score (nSPS) is 13.1. The molecule has 2 heterocycles. The highest BCUT2D eigenvalue weighted by atomic mass is 32.1. The van der Waals surface area contributed by atoms with Crippen LogP contribution < -0.4 is 4.90 Å². The van der Waals surface area contributed by atoms with Crippen LogP contribution >= 0.6 is 11.3 Å². The first-order chi connectivity index (χ1) is 31.8. The van der Waals surface area contributed by atoms with Crippen molar-refractivity contribution in [1.29, 1.82) is 0 Å². The first-order valence-corrected chi connectivity index (χ1v) is 22.9. The molecule has 0 bridgehead atoms. The van der Waals surface area contributed by atoms with Crippen LogP contribution in [0.5, 0.6) is 0 Å². The molecule has 0 saturated carbocycles. The van der Waals surface area contributed by atoms with Gasteiger partial charge >= 0.3 is 0 Å². The van der Waals surface area contributed by atoms with Crippen molar-refractivity contribution in [3.8, 4) is 39.1 Å². The van der Waals surface area contributed by atoms with E-state index in [4.69, 9.17) is 0 Å². The number of aromatic nitrogens is 1. The maximum absolute atomic E-state index is 2.51. The van der Waals surface area contributed by atoms with Gasteiger partial charge in [-0.3, -0.25) is 0 Å². The average molecular weight is 831 g/mol. The van der Waals surface area contributed by atoms with Crippen LogP contribution in [0.25, 0.3) is 81.0 Å². The molecule has 0 atom stereocenters. The van der Waals surface area contributed by atoms with Gasteiger partial charge in [-0.25, -0.2) is 0 Å². The first kappa shape index (κ1) is 35.6. The molecule has 0 radical (unpaired) electrons. The number of hydrogen-bond acceptors (Lipinski definition) is 2. The van der Waals surface area contributed by atoms with Gasteiger partial charge < -0.3 is 9.47 Å². The molecule has 10 aromatic carbocycles. The van der Waals surface area contributed by atoms with Crippen molar-refractivity contribution in [2.45, 2.75) is 5.41 Å². The van der Waals surface area contributed by atoms with Crippen molar-refractivity contribution in [3.05, 3.63) is 253 Å². The van der Waals surface area contributed by atoms with Crippen molar-refractivity contribution < 1.29 is 0 Å². The predicted molar refractivity (Wildman–Crippen MR) is 270 cm³/mol. The summed E-state index contributed by atoms with van der Waals surface area (Å²) in [6, 6.07) is 85.7. The lowest BCUT2D eigenvalue weighted by atomic mass is 9.70. The third-order valence-corrected chi connectivity index (χ3v) is 15.1. The summed E-state index contributed by atoms with van der Waals surface area (Å²) in [5.41, 5.74) is 19.6. The van der Waals surface area contributed by atoms with Gasteiger partial charge in [-0.2, -0.15) is 0 Å². The van der Waals surface area contributed by atoms with E-state index in [1.165, 1.54) is 103 Å². The van der Waals surface area contributed by atoms with E-state index in [9.17, 15) is 0 Å². The Morgan fingerprint density at radius 2 is 0.906 bits per heavy atom. The Morgan fingerprint density at radius 3 is 1.56 bits per heavy atom. The Bertz CT molecular complexity index is 3740. The molecule has 12 aromatic rings. The standard InChI is InChI=1S/C61H38N2S/c1-2-15-39(16-3-1)40-29-31-41(32-30-40)62(42-33-35-47-46-19-6-11-24-53(46)61(54(47)37-42)51-22-9-4-17-44(51)45-18-5-10-23-52(45)61)57-27-14-28-58-60(57)50-36-34-43(38-59(50)64-58)63-55-25-12-7-20-48(55)49-21-8-13-26-56(49)63/h1-38H. The Hall–Kier alpha value is -7.98. The molecule has 2 aliphatic carbocycles. The smallest absolute Gasteiger partial charge is 0.0726 e. The van der Waals surface area contributed by atoms with Crippen LogP contribution in [0.3, 0.4) is 0 Å². The van der Waals surface area contributed by atoms with E-state index in [1.54, 1.807) is 0 Å². The fourth-order valence-corrected chi connectivity index (χ4v) is 12.6. The number of rotatable bonds is 5. The summed E-state index contributed by atoms with van der Waals surface area (Å²) in [6.07, 6.45) is 0. The zero-order valence-electron chi connectivity index (χ0n) is 34.7. The van der Waals surface area contributed by atoms with Gasteiger partial charge in [0.1, 0.15) is 0 Å². The lowest BCUT2D eigenvalue weighted by Crippen LogP contribution is -2.26. The number of hydrogen-bond donors (Lipinski definition) is 0. The zero-order chi connectivity index (χ0) is 41.9. The molecule has 1 spiro atoms. The molecule has 0 N–H and O–H groups in total. The van der Waals surface area contributed by atoms with Gasteiger partial charge in [0.05, 0.1) is 22.1 Å². The van der Waals surface area contributed by atoms with Crippen LogP contribution in [0.15, 0.2) is 231 Å². The Balaban J connectivity index is 1.01.